The van der Waals surface area contributed by atoms with Crippen molar-refractivity contribution in [1.29, 1.82) is 0 Å². The molecule has 1 saturated heterocycles. The predicted molar refractivity (Wildman–Crippen MR) is 338 cm³/mol. The standard InChI is InChI=1S/C64H95N15O12/c1-9-39(8)53(66)61(87)77-51(31-43-33-68-35-70-43)63(89)79-25-15-19-52(79)60(86)75-48(28-40-16-11-10-12-17-40)57(83)74-50(30-42-32-67-34-69-42)58(84)72-46(26-36(2)3)55(81)73-47(27-37(4)5)59(85)78-54(38(6)7)62(88)76-49(29-41-20-22-44(80)23-21-41)56(82)71-45(64(90)91)18-13-14-24-65/h10-12,16-17,20-23,32-39,45-54,80H,9,13-15,18-19,24-31,65-66H2,1-8H3,(H,67,69)(H,68,70)(H,71,82)(H,72,84)(H,73,81)(H,74,83)(H,75,86)(H,76,88)(H,77,87)(H,78,85)(H,90,91)/t39-,45-,46-,47-,48-,49-,50-,51-,52-,53-,54-/m0/s1. The lowest BCUT2D eigenvalue weighted by molar-refractivity contribution is -0.142. The van der Waals surface area contributed by atoms with Crippen molar-refractivity contribution >= 4 is 59.1 Å². The second-order valence-corrected chi connectivity index (χ2v) is 24.8. The molecule has 91 heavy (non-hydrogen) atoms. The van der Waals surface area contributed by atoms with E-state index in [4.69, 9.17) is 11.5 Å². The number of carbonyl (C=O) groups excluding carboxylic acids is 9. The fraction of sp³-hybridized carbons (Fsp3) is 0.562. The molecule has 16 N–H and O–H groups in total. The quantitative estimate of drug-likeness (QED) is 0.0283. The van der Waals surface area contributed by atoms with Gasteiger partial charge in [-0.05, 0) is 98.4 Å². The zero-order chi connectivity index (χ0) is 66.9. The molecule has 0 unspecified atom stereocenters. The summed E-state index contributed by atoms with van der Waals surface area (Å²) in [4.78, 5) is 157. The zero-order valence-electron chi connectivity index (χ0n) is 53.5. The highest BCUT2D eigenvalue weighted by molar-refractivity contribution is 5.99. The summed E-state index contributed by atoms with van der Waals surface area (Å²) in [5, 5.41) is 42.0. The Kier molecular flexibility index (Phi) is 29.1. The molecule has 0 aliphatic carbocycles. The molecule has 0 radical (unpaired) electrons. The van der Waals surface area contributed by atoms with E-state index >= 15 is 0 Å². The van der Waals surface area contributed by atoms with Crippen molar-refractivity contribution in [1.82, 2.24) is 67.4 Å². The highest BCUT2D eigenvalue weighted by Gasteiger charge is 2.41. The van der Waals surface area contributed by atoms with E-state index in [-0.39, 0.29) is 81.4 Å². The Morgan fingerprint density at radius 3 is 1.56 bits per heavy atom. The van der Waals surface area contributed by atoms with E-state index < -0.39 is 125 Å². The smallest absolute Gasteiger partial charge is 0.326 e. The van der Waals surface area contributed by atoms with Crippen LogP contribution in [0.15, 0.2) is 79.6 Å². The van der Waals surface area contributed by atoms with E-state index in [1.54, 1.807) is 56.3 Å². The van der Waals surface area contributed by atoms with Gasteiger partial charge in [0.2, 0.25) is 53.2 Å². The molecule has 1 fully saturated rings. The molecule has 2 aromatic carbocycles. The number of hydrogen-bond acceptors (Lipinski definition) is 15. The number of amides is 9. The summed E-state index contributed by atoms with van der Waals surface area (Å²) >= 11 is 0. The van der Waals surface area contributed by atoms with E-state index in [1.165, 1.54) is 42.1 Å². The highest BCUT2D eigenvalue weighted by Crippen LogP contribution is 2.22. The first-order valence-corrected chi connectivity index (χ1v) is 31.5. The van der Waals surface area contributed by atoms with Crippen LogP contribution in [0.2, 0.25) is 0 Å². The molecular weight excluding hydrogens is 1170 g/mol. The first-order valence-electron chi connectivity index (χ1n) is 31.5. The fourth-order valence-corrected chi connectivity index (χ4v) is 10.6. The van der Waals surface area contributed by atoms with Crippen LogP contribution >= 0.6 is 0 Å². The summed E-state index contributed by atoms with van der Waals surface area (Å²) in [6.45, 7) is 14.9. The molecule has 498 valence electrons. The summed E-state index contributed by atoms with van der Waals surface area (Å²) in [6, 6.07) is 2.49. The number of imidazole rings is 2. The van der Waals surface area contributed by atoms with Crippen molar-refractivity contribution in [2.45, 2.75) is 193 Å². The second kappa shape index (κ2) is 36.2. The Bertz CT molecular complexity index is 3000. The number of rotatable bonds is 37. The molecule has 2 aromatic heterocycles. The van der Waals surface area contributed by atoms with E-state index in [2.05, 4.69) is 62.5 Å². The predicted octanol–water partition coefficient (Wildman–Crippen LogP) is 1.31. The van der Waals surface area contributed by atoms with E-state index in [9.17, 15) is 58.2 Å². The molecule has 1 aliphatic rings. The Labute approximate surface area is 531 Å². The van der Waals surface area contributed by atoms with Crippen molar-refractivity contribution in [2.75, 3.05) is 13.1 Å². The number of carbonyl (C=O) groups is 10. The molecule has 0 saturated carbocycles. The largest absolute Gasteiger partial charge is 0.508 e. The first kappa shape index (κ1) is 73.0. The Hall–Kier alpha value is -8.72. The number of benzene rings is 2. The van der Waals surface area contributed by atoms with Gasteiger partial charge >= 0.3 is 5.97 Å². The van der Waals surface area contributed by atoms with Gasteiger partial charge in [-0.2, -0.15) is 0 Å². The molecule has 9 amide bonds. The lowest BCUT2D eigenvalue weighted by atomic mass is 9.97. The molecular formula is C64H95N15O12. The number of carboxylic acid groups (broad SMARTS) is 1. The van der Waals surface area contributed by atoms with Crippen LogP contribution in [0.4, 0.5) is 0 Å². The fourth-order valence-electron chi connectivity index (χ4n) is 10.6. The SMILES string of the molecule is CC[C@H](C)[C@H](N)C(=O)N[C@@H](Cc1cnc[nH]1)C(=O)N1CCC[C@H]1C(=O)N[C@@H](Cc1ccccc1)C(=O)N[C@@H](Cc1cnc[nH]1)C(=O)N[C@@H](CC(C)C)C(=O)N[C@@H](CC(C)C)C(=O)N[C@H](C(=O)N[C@@H](Cc1ccc(O)cc1)C(=O)N[C@@H](CCCCN)C(=O)O)C(C)C. The summed E-state index contributed by atoms with van der Waals surface area (Å²) in [6.07, 6.45) is 8.00. The molecule has 4 aromatic rings. The van der Waals surface area contributed by atoms with Gasteiger partial charge in [0.15, 0.2) is 0 Å². The minimum atomic E-state index is -1.39. The summed E-state index contributed by atoms with van der Waals surface area (Å²) in [5.74, 6) is -8.86. The average molecular weight is 1270 g/mol. The molecule has 11 atom stereocenters. The third-order valence-electron chi connectivity index (χ3n) is 16.0. The van der Waals surface area contributed by atoms with Crippen molar-refractivity contribution < 1.29 is 58.2 Å². The van der Waals surface area contributed by atoms with Gasteiger partial charge < -0.3 is 79.1 Å². The van der Waals surface area contributed by atoms with Crippen LogP contribution in [0.1, 0.15) is 129 Å². The number of likely N-dealkylation sites (tertiary alicyclic amines) is 1. The van der Waals surface area contributed by atoms with Crippen LogP contribution in [0, 0.1) is 23.7 Å². The maximum absolute atomic E-state index is 14.8. The van der Waals surface area contributed by atoms with Crippen LogP contribution in [0.5, 0.6) is 5.75 Å². The number of aromatic amines is 2. The van der Waals surface area contributed by atoms with Gasteiger partial charge in [0, 0.05) is 56.0 Å². The van der Waals surface area contributed by atoms with Gasteiger partial charge in [0.05, 0.1) is 18.7 Å². The zero-order valence-corrected chi connectivity index (χ0v) is 53.5. The van der Waals surface area contributed by atoms with Crippen molar-refractivity contribution in [3.8, 4) is 5.75 Å². The topological polar surface area (TPSA) is 420 Å². The van der Waals surface area contributed by atoms with Gasteiger partial charge in [-0.15, -0.1) is 0 Å². The van der Waals surface area contributed by atoms with Gasteiger partial charge in [-0.25, -0.2) is 14.8 Å². The number of aromatic nitrogens is 4. The number of aromatic hydroxyl groups is 1. The van der Waals surface area contributed by atoms with Gasteiger partial charge in [-0.1, -0.05) is 104 Å². The van der Waals surface area contributed by atoms with Gasteiger partial charge in [-0.3, -0.25) is 43.2 Å². The normalized spacial score (nSPS) is 16.4. The maximum atomic E-state index is 14.8. The third kappa shape index (κ3) is 23.2. The second-order valence-electron chi connectivity index (χ2n) is 24.8. The molecule has 27 heteroatoms. The van der Waals surface area contributed by atoms with Crippen LogP contribution in [0.3, 0.4) is 0 Å². The minimum absolute atomic E-state index is 0.0289. The molecule has 0 spiro atoms. The van der Waals surface area contributed by atoms with Crippen LogP contribution in [0.25, 0.3) is 0 Å². The molecule has 27 nitrogen and oxygen atoms in total. The first-order chi connectivity index (χ1) is 43.3. The summed E-state index contributed by atoms with van der Waals surface area (Å²) < 4.78 is 0. The molecule has 3 heterocycles. The maximum Gasteiger partial charge on any atom is 0.326 e. The number of unbranched alkanes of at least 4 members (excludes halogenated alkanes) is 1. The number of carboxylic acids is 1. The van der Waals surface area contributed by atoms with Crippen LogP contribution < -0.4 is 54.0 Å². The highest BCUT2D eigenvalue weighted by atomic mass is 16.4. The van der Waals surface area contributed by atoms with Gasteiger partial charge in [0.1, 0.15) is 60.1 Å². The number of H-pyrrole nitrogens is 2. The molecule has 0 bridgehead atoms. The number of nitrogens with zero attached hydrogens (tertiary/aromatic N) is 3. The van der Waals surface area contributed by atoms with Crippen molar-refractivity contribution in [3.63, 3.8) is 0 Å². The van der Waals surface area contributed by atoms with E-state index in [0.717, 1.165) is 0 Å². The number of phenols is 1. The van der Waals surface area contributed by atoms with Crippen LogP contribution in [-0.4, -0.2) is 168 Å². The Morgan fingerprint density at radius 2 is 1.05 bits per heavy atom. The number of hydrogen-bond donors (Lipinski definition) is 14. The van der Waals surface area contributed by atoms with Gasteiger partial charge in [0.25, 0.3) is 0 Å². The minimum Gasteiger partial charge on any atom is -0.508 e. The number of phenolic OH excluding ortho intramolecular Hbond substituents is 1. The molecule has 5 rings (SSSR count). The van der Waals surface area contributed by atoms with Crippen molar-refractivity contribution in [2.24, 2.45) is 35.1 Å². The summed E-state index contributed by atoms with van der Waals surface area (Å²) in [5.41, 5.74) is 14.1. The lowest BCUT2D eigenvalue weighted by Crippen LogP contribution is -2.61. The number of nitrogens with one attached hydrogen (secondary N) is 10. The van der Waals surface area contributed by atoms with Crippen molar-refractivity contribution in [3.05, 3.63) is 102 Å². The molecule has 1 aliphatic heterocycles. The van der Waals surface area contributed by atoms with Crippen LogP contribution in [-0.2, 0) is 73.6 Å². The average Bonchev–Trinajstić information content (AvgIpc) is 2.02. The number of nitrogens with two attached hydrogens (primary N) is 2. The Morgan fingerprint density at radius 1 is 0.582 bits per heavy atom. The summed E-state index contributed by atoms with van der Waals surface area (Å²) in [7, 11) is 0. The monoisotopic (exact) mass is 1270 g/mol. The lowest BCUT2D eigenvalue weighted by Gasteiger charge is -2.31. The van der Waals surface area contributed by atoms with E-state index in [0.29, 0.717) is 54.7 Å². The Balaban J connectivity index is 1.37. The third-order valence-corrected chi connectivity index (χ3v) is 16.0. The number of aliphatic carboxylic acids is 1. The van der Waals surface area contributed by atoms with E-state index in [1.807, 2.05) is 41.5 Å².